The van der Waals surface area contributed by atoms with Gasteiger partial charge < -0.3 is 4.90 Å². The number of hydrogen-bond acceptors (Lipinski definition) is 3. The number of anilines is 1. The van der Waals surface area contributed by atoms with Crippen molar-refractivity contribution < 1.29 is 4.79 Å². The van der Waals surface area contributed by atoms with Crippen molar-refractivity contribution in [3.05, 3.63) is 23.5 Å². The number of carbonyl (C=O) groups excluding carboxylic acids is 1. The Labute approximate surface area is 98.8 Å². The van der Waals surface area contributed by atoms with Gasteiger partial charge in [-0.15, -0.1) is 0 Å². The summed E-state index contributed by atoms with van der Waals surface area (Å²) in [7, 11) is 0. The third-order valence-electron chi connectivity index (χ3n) is 2.51. The molecule has 1 atom stereocenters. The van der Waals surface area contributed by atoms with Crippen LogP contribution in [0.3, 0.4) is 0 Å². The van der Waals surface area contributed by atoms with Gasteiger partial charge in [-0.3, -0.25) is 9.78 Å². The van der Waals surface area contributed by atoms with Crippen LogP contribution in [0, 0.1) is 5.92 Å². The molecule has 15 heavy (non-hydrogen) atoms. The number of hydrogen-bond donors (Lipinski definition) is 1. The third kappa shape index (κ3) is 2.11. The Kier molecular flexibility index (Phi) is 3.17. The van der Waals surface area contributed by atoms with Crippen LogP contribution in [0.15, 0.2) is 18.5 Å². The fourth-order valence-corrected chi connectivity index (χ4v) is 2.19. The first-order valence-corrected chi connectivity index (χ1v) is 5.74. The Morgan fingerprint density at radius 3 is 3.07 bits per heavy atom. The van der Waals surface area contributed by atoms with Crippen LogP contribution in [0.4, 0.5) is 5.69 Å². The van der Waals surface area contributed by atoms with Gasteiger partial charge in [-0.05, 0) is 17.7 Å². The van der Waals surface area contributed by atoms with Crippen LogP contribution < -0.4 is 4.90 Å². The molecule has 1 aliphatic rings. The minimum Gasteiger partial charge on any atom is -0.310 e. The van der Waals surface area contributed by atoms with Gasteiger partial charge in [-0.25, -0.2) is 0 Å². The van der Waals surface area contributed by atoms with E-state index in [0.717, 1.165) is 11.4 Å². The molecule has 1 aromatic rings. The molecule has 2 rings (SSSR count). The van der Waals surface area contributed by atoms with Gasteiger partial charge in [0, 0.05) is 25.4 Å². The molecule has 5 heteroatoms. The molecule has 0 aliphatic carbocycles. The number of thiol groups is 1. The van der Waals surface area contributed by atoms with Gasteiger partial charge in [-0.1, -0.05) is 11.6 Å². The third-order valence-corrected chi connectivity index (χ3v) is 3.31. The van der Waals surface area contributed by atoms with E-state index >= 15 is 0 Å². The highest BCUT2D eigenvalue weighted by Gasteiger charge is 2.30. The van der Waals surface area contributed by atoms with Crippen molar-refractivity contribution in [3.8, 4) is 0 Å². The molecule has 0 bridgehead atoms. The van der Waals surface area contributed by atoms with Gasteiger partial charge in [0.1, 0.15) is 0 Å². The summed E-state index contributed by atoms with van der Waals surface area (Å²) in [4.78, 5) is 17.3. The lowest BCUT2D eigenvalue weighted by Crippen LogP contribution is -2.24. The summed E-state index contributed by atoms with van der Waals surface area (Å²) in [6.07, 6.45) is 3.75. The summed E-state index contributed by atoms with van der Waals surface area (Å²) in [6.45, 7) is 0.700. The fraction of sp³-hybridized carbons (Fsp3) is 0.400. The highest BCUT2D eigenvalue weighted by atomic mass is 35.5. The van der Waals surface area contributed by atoms with E-state index in [1.807, 2.05) is 0 Å². The van der Waals surface area contributed by atoms with Crippen LogP contribution in [-0.4, -0.2) is 23.2 Å². The second-order valence-corrected chi connectivity index (χ2v) is 4.36. The fourth-order valence-electron chi connectivity index (χ4n) is 1.72. The smallest absolute Gasteiger partial charge is 0.227 e. The van der Waals surface area contributed by atoms with Crippen LogP contribution in [0.1, 0.15) is 6.42 Å². The van der Waals surface area contributed by atoms with Crippen molar-refractivity contribution >= 4 is 35.8 Å². The first-order chi connectivity index (χ1) is 7.22. The summed E-state index contributed by atoms with van der Waals surface area (Å²) in [5.74, 6) is 1.16. The second kappa shape index (κ2) is 4.41. The van der Waals surface area contributed by atoms with Crippen molar-refractivity contribution in [1.82, 2.24) is 4.98 Å². The summed E-state index contributed by atoms with van der Waals surface area (Å²) in [5.41, 5.74) is 0.751. The van der Waals surface area contributed by atoms with E-state index in [9.17, 15) is 4.79 Å². The van der Waals surface area contributed by atoms with Crippen LogP contribution in [0.2, 0.25) is 5.02 Å². The summed E-state index contributed by atoms with van der Waals surface area (Å²) < 4.78 is 0. The number of halogens is 1. The van der Waals surface area contributed by atoms with E-state index in [0.29, 0.717) is 23.9 Å². The topological polar surface area (TPSA) is 33.2 Å². The van der Waals surface area contributed by atoms with E-state index in [2.05, 4.69) is 17.6 Å². The molecule has 1 aliphatic heterocycles. The molecule has 1 aromatic heterocycles. The Morgan fingerprint density at radius 2 is 2.47 bits per heavy atom. The average molecular weight is 243 g/mol. The number of carbonyl (C=O) groups is 1. The molecular formula is C10H11ClN2OS. The minimum atomic E-state index is 0.113. The molecule has 0 radical (unpaired) electrons. The molecular weight excluding hydrogens is 232 g/mol. The van der Waals surface area contributed by atoms with Gasteiger partial charge in [0.25, 0.3) is 0 Å². The predicted octanol–water partition coefficient (Wildman–Crippen LogP) is 2.02. The molecule has 0 spiro atoms. The first kappa shape index (κ1) is 10.8. The molecule has 1 amide bonds. The van der Waals surface area contributed by atoms with Gasteiger partial charge in [0.05, 0.1) is 10.7 Å². The number of pyridine rings is 1. The number of aromatic nitrogens is 1. The predicted molar refractivity (Wildman–Crippen MR) is 63.6 cm³/mol. The van der Waals surface area contributed by atoms with Crippen molar-refractivity contribution in [1.29, 1.82) is 0 Å². The minimum absolute atomic E-state index is 0.113. The average Bonchev–Trinajstić information content (AvgIpc) is 2.60. The Hall–Kier alpha value is -0.740. The van der Waals surface area contributed by atoms with E-state index in [1.165, 1.54) is 0 Å². The van der Waals surface area contributed by atoms with Gasteiger partial charge in [0.15, 0.2) is 0 Å². The monoisotopic (exact) mass is 242 g/mol. The normalized spacial score (nSPS) is 21.1. The maximum absolute atomic E-state index is 11.7. The lowest BCUT2D eigenvalue weighted by Gasteiger charge is -2.17. The maximum Gasteiger partial charge on any atom is 0.227 e. The van der Waals surface area contributed by atoms with Crippen molar-refractivity contribution in [2.45, 2.75) is 6.42 Å². The van der Waals surface area contributed by atoms with Crippen LogP contribution in [-0.2, 0) is 4.79 Å². The largest absolute Gasteiger partial charge is 0.310 e. The van der Waals surface area contributed by atoms with Gasteiger partial charge in [0.2, 0.25) is 5.91 Å². The Morgan fingerprint density at radius 1 is 1.67 bits per heavy atom. The summed E-state index contributed by atoms with van der Waals surface area (Å²) in [6, 6.07) is 1.77. The lowest BCUT2D eigenvalue weighted by molar-refractivity contribution is -0.117. The molecule has 0 saturated carbocycles. The molecule has 0 aromatic carbocycles. The molecule has 3 nitrogen and oxygen atoms in total. The standard InChI is InChI=1S/C10H11ClN2OS/c11-8-4-12-2-1-9(8)13-5-7(6-15)3-10(13)14/h1-2,4,7,15H,3,5-6H2. The number of nitrogens with zero attached hydrogens (tertiary/aromatic N) is 2. The van der Waals surface area contributed by atoms with E-state index in [1.54, 1.807) is 23.4 Å². The van der Waals surface area contributed by atoms with Crippen LogP contribution in [0.25, 0.3) is 0 Å². The van der Waals surface area contributed by atoms with E-state index in [-0.39, 0.29) is 5.91 Å². The molecule has 80 valence electrons. The zero-order chi connectivity index (χ0) is 10.8. The Bertz CT molecular complexity index is 385. The van der Waals surface area contributed by atoms with Crippen molar-refractivity contribution in [3.63, 3.8) is 0 Å². The van der Waals surface area contributed by atoms with E-state index in [4.69, 9.17) is 11.6 Å². The molecule has 1 saturated heterocycles. The van der Waals surface area contributed by atoms with E-state index < -0.39 is 0 Å². The van der Waals surface area contributed by atoms with Crippen molar-refractivity contribution in [2.75, 3.05) is 17.2 Å². The highest BCUT2D eigenvalue weighted by Crippen LogP contribution is 2.30. The SMILES string of the molecule is O=C1CC(CS)CN1c1ccncc1Cl. The number of rotatable bonds is 2. The van der Waals surface area contributed by atoms with Gasteiger partial charge >= 0.3 is 0 Å². The van der Waals surface area contributed by atoms with Crippen LogP contribution in [0.5, 0.6) is 0 Å². The quantitative estimate of drug-likeness (QED) is 0.805. The first-order valence-electron chi connectivity index (χ1n) is 4.73. The maximum atomic E-state index is 11.7. The number of amides is 1. The molecule has 0 N–H and O–H groups in total. The molecule has 1 unspecified atom stereocenters. The molecule has 2 heterocycles. The zero-order valence-electron chi connectivity index (χ0n) is 8.06. The van der Waals surface area contributed by atoms with Crippen molar-refractivity contribution in [2.24, 2.45) is 5.92 Å². The highest BCUT2D eigenvalue weighted by molar-refractivity contribution is 7.80. The zero-order valence-corrected chi connectivity index (χ0v) is 9.71. The summed E-state index contributed by atoms with van der Waals surface area (Å²) >= 11 is 10.2. The summed E-state index contributed by atoms with van der Waals surface area (Å²) in [5, 5.41) is 0.519. The van der Waals surface area contributed by atoms with Gasteiger partial charge in [-0.2, -0.15) is 12.6 Å². The second-order valence-electron chi connectivity index (χ2n) is 3.58. The lowest BCUT2D eigenvalue weighted by atomic mass is 10.1. The van der Waals surface area contributed by atoms with Crippen LogP contribution >= 0.6 is 24.2 Å². The Balaban J connectivity index is 2.25. The molecule has 1 fully saturated rings.